The van der Waals surface area contributed by atoms with Crippen LogP contribution in [0.25, 0.3) is 0 Å². The van der Waals surface area contributed by atoms with Gasteiger partial charge in [-0.1, -0.05) is 20.6 Å². The molecule has 8 heteroatoms. The van der Waals surface area contributed by atoms with E-state index in [-0.39, 0.29) is 22.9 Å². The Balaban J connectivity index is 2.41. The summed E-state index contributed by atoms with van der Waals surface area (Å²) in [6.45, 7) is -0.341. The van der Waals surface area contributed by atoms with Gasteiger partial charge in [0.15, 0.2) is 0 Å². The van der Waals surface area contributed by atoms with Crippen LogP contribution in [0.5, 0.6) is 0 Å². The number of alkyl halides is 2. The Kier molecular flexibility index (Phi) is 2.69. The van der Waals surface area contributed by atoms with Crippen LogP contribution >= 0.6 is 11.6 Å². The van der Waals surface area contributed by atoms with Crippen molar-refractivity contribution in [2.24, 2.45) is 0 Å². The van der Waals surface area contributed by atoms with Crippen LogP contribution in [0.2, 0.25) is 5.02 Å². The van der Waals surface area contributed by atoms with E-state index in [9.17, 15) is 17.7 Å². The molecule has 0 unspecified atom stereocenters. The molecule has 1 N–H and O–H groups in total. The number of hydrazine groups is 1. The van der Waals surface area contributed by atoms with Crippen LogP contribution in [0.1, 0.15) is 11.1 Å². The number of rotatable bonds is 2. The van der Waals surface area contributed by atoms with Crippen molar-refractivity contribution in [1.29, 1.82) is 0 Å². The Morgan fingerprint density at radius 1 is 1.38 bits per heavy atom. The minimum atomic E-state index is -3.41. The first-order chi connectivity index (χ1) is 7.40. The normalized spacial score (nSPS) is 17.6. The average Bonchev–Trinajstić information content (AvgIpc) is 2.43. The third kappa shape index (κ3) is 1.93. The number of halogens is 5. The van der Waals surface area contributed by atoms with Gasteiger partial charge in [0.05, 0.1) is 22.9 Å². The van der Waals surface area contributed by atoms with Crippen LogP contribution in [0.3, 0.4) is 0 Å². The van der Waals surface area contributed by atoms with E-state index >= 15 is 0 Å². The minimum absolute atomic E-state index is 0.124. The SMILES string of the molecule is FN(F)Nc1cc2c(cc1Cl)C(F)(F)OC2. The summed E-state index contributed by atoms with van der Waals surface area (Å²) in [5.74, 6) is 0. The molecule has 1 aliphatic heterocycles. The molecule has 0 spiro atoms. The van der Waals surface area contributed by atoms with Crippen molar-refractivity contribution < 1.29 is 22.5 Å². The maximum absolute atomic E-state index is 13.1. The van der Waals surface area contributed by atoms with E-state index in [1.807, 2.05) is 0 Å². The molecular weight excluding hydrogens is 252 g/mol. The highest BCUT2D eigenvalue weighted by molar-refractivity contribution is 6.33. The molecule has 1 aliphatic rings. The summed E-state index contributed by atoms with van der Waals surface area (Å²) in [6, 6.07) is 2.01. The number of hydrogen-bond donors (Lipinski definition) is 1. The molecule has 88 valence electrons. The number of ether oxygens (including phenoxy) is 1. The fraction of sp³-hybridized carbons (Fsp3) is 0.250. The second-order valence-corrected chi connectivity index (χ2v) is 3.55. The number of nitrogens with zero attached hydrogens (tertiary/aromatic N) is 1. The molecule has 0 amide bonds. The van der Waals surface area contributed by atoms with Crippen molar-refractivity contribution in [2.45, 2.75) is 12.7 Å². The van der Waals surface area contributed by atoms with Gasteiger partial charge in [-0.05, 0) is 17.7 Å². The zero-order valence-corrected chi connectivity index (χ0v) is 8.36. The largest absolute Gasteiger partial charge is 0.384 e. The second-order valence-electron chi connectivity index (χ2n) is 3.14. The Bertz CT molecular complexity index is 427. The van der Waals surface area contributed by atoms with E-state index in [0.717, 1.165) is 12.1 Å². The highest BCUT2D eigenvalue weighted by Crippen LogP contribution is 2.42. The zero-order valence-electron chi connectivity index (χ0n) is 7.61. The van der Waals surface area contributed by atoms with Gasteiger partial charge < -0.3 is 4.74 Å². The first-order valence-corrected chi connectivity index (χ1v) is 4.51. The number of nitrogens with one attached hydrogen (secondary N) is 1. The van der Waals surface area contributed by atoms with Crippen LogP contribution < -0.4 is 5.43 Å². The summed E-state index contributed by atoms with van der Waals surface area (Å²) in [5, 5.41) is -0.232. The molecule has 0 aliphatic carbocycles. The van der Waals surface area contributed by atoms with Gasteiger partial charge in [0.2, 0.25) is 0 Å². The quantitative estimate of drug-likeness (QED) is 0.499. The van der Waals surface area contributed by atoms with Gasteiger partial charge in [-0.3, -0.25) is 5.43 Å². The third-order valence-corrected chi connectivity index (χ3v) is 2.43. The van der Waals surface area contributed by atoms with E-state index in [0.29, 0.717) is 0 Å². The molecule has 16 heavy (non-hydrogen) atoms. The first-order valence-electron chi connectivity index (χ1n) is 4.13. The standard InChI is InChI=1S/C8H5ClF4N2O/c9-6-2-5-4(3-16-8(5,10)11)1-7(6)14-15(12)13/h1-2,14H,3H2. The summed E-state index contributed by atoms with van der Waals surface area (Å²) in [6.07, 6.45) is -3.41. The monoisotopic (exact) mass is 256 g/mol. The Labute approximate surface area is 92.4 Å². The van der Waals surface area contributed by atoms with Crippen molar-refractivity contribution >= 4 is 17.3 Å². The molecule has 0 atom stereocenters. The van der Waals surface area contributed by atoms with Crippen LogP contribution in [-0.2, 0) is 17.5 Å². The Hall–Kier alpha value is -1.05. The molecule has 1 aromatic rings. The molecule has 0 saturated heterocycles. The van der Waals surface area contributed by atoms with Crippen molar-refractivity contribution in [3.8, 4) is 0 Å². The van der Waals surface area contributed by atoms with Crippen LogP contribution in [0, 0.1) is 0 Å². The number of benzene rings is 1. The van der Waals surface area contributed by atoms with Crippen molar-refractivity contribution in [2.75, 3.05) is 5.43 Å². The fourth-order valence-corrected chi connectivity index (χ4v) is 1.64. The van der Waals surface area contributed by atoms with Gasteiger partial charge in [-0.15, -0.1) is 0 Å². The number of anilines is 1. The van der Waals surface area contributed by atoms with Crippen molar-refractivity contribution in [3.63, 3.8) is 0 Å². The highest BCUT2D eigenvalue weighted by atomic mass is 35.5. The predicted octanol–water partition coefficient (Wildman–Crippen LogP) is 3.32. The second kappa shape index (κ2) is 3.76. The van der Waals surface area contributed by atoms with Crippen molar-refractivity contribution in [3.05, 3.63) is 28.3 Å². The summed E-state index contributed by atoms with van der Waals surface area (Å²) in [5.41, 5.74) is -0.153. The van der Waals surface area contributed by atoms with E-state index in [4.69, 9.17) is 11.6 Å². The third-order valence-electron chi connectivity index (χ3n) is 2.12. The molecule has 0 saturated carbocycles. The topological polar surface area (TPSA) is 24.5 Å². The van der Waals surface area contributed by atoms with Gasteiger partial charge in [0.25, 0.3) is 0 Å². The highest BCUT2D eigenvalue weighted by Gasteiger charge is 2.41. The van der Waals surface area contributed by atoms with Gasteiger partial charge in [-0.25, -0.2) is 0 Å². The molecule has 0 radical (unpaired) electrons. The minimum Gasteiger partial charge on any atom is -0.312 e. The predicted molar refractivity (Wildman–Crippen MR) is 47.8 cm³/mol. The fourth-order valence-electron chi connectivity index (χ4n) is 1.43. The molecule has 1 aromatic carbocycles. The molecule has 0 aromatic heterocycles. The molecule has 0 bridgehead atoms. The average molecular weight is 257 g/mol. The van der Waals surface area contributed by atoms with Crippen molar-refractivity contribution in [1.82, 2.24) is 5.45 Å². The van der Waals surface area contributed by atoms with E-state index in [1.165, 1.54) is 0 Å². The van der Waals surface area contributed by atoms with Crippen LogP contribution in [0.4, 0.5) is 23.4 Å². The van der Waals surface area contributed by atoms with E-state index in [2.05, 4.69) is 4.74 Å². The van der Waals surface area contributed by atoms with Crippen LogP contribution in [0.15, 0.2) is 12.1 Å². The maximum atomic E-state index is 13.1. The lowest BCUT2D eigenvalue weighted by molar-refractivity contribution is -0.239. The van der Waals surface area contributed by atoms with Gasteiger partial charge in [0.1, 0.15) is 5.45 Å². The molecular formula is C8H5ClF4N2O. The Morgan fingerprint density at radius 2 is 2.06 bits per heavy atom. The lowest BCUT2D eigenvalue weighted by atomic mass is 10.1. The lowest BCUT2D eigenvalue weighted by Crippen LogP contribution is -2.12. The Morgan fingerprint density at radius 3 is 2.69 bits per heavy atom. The zero-order chi connectivity index (χ0) is 11.9. The smallest absolute Gasteiger partial charge is 0.312 e. The maximum Gasteiger partial charge on any atom is 0.384 e. The number of fused-ring (bicyclic) bond motifs is 1. The summed E-state index contributed by atoms with van der Waals surface area (Å²) >= 11 is 5.57. The molecule has 1 heterocycles. The molecule has 0 fully saturated rings. The number of hydrogen-bond acceptors (Lipinski definition) is 3. The summed E-state index contributed by atoms with van der Waals surface area (Å²) in [7, 11) is 0. The first kappa shape index (κ1) is 11.4. The van der Waals surface area contributed by atoms with Gasteiger partial charge >= 0.3 is 6.11 Å². The molecule has 2 rings (SSSR count). The molecule has 3 nitrogen and oxygen atoms in total. The lowest BCUT2D eigenvalue weighted by Gasteiger charge is -2.11. The van der Waals surface area contributed by atoms with E-state index in [1.54, 1.807) is 5.43 Å². The van der Waals surface area contributed by atoms with Gasteiger partial charge in [-0.2, -0.15) is 8.78 Å². The summed E-state index contributed by atoms with van der Waals surface area (Å²) in [4.78, 5) is 0. The van der Waals surface area contributed by atoms with E-state index < -0.39 is 17.1 Å². The van der Waals surface area contributed by atoms with Gasteiger partial charge in [0, 0.05) is 0 Å². The summed E-state index contributed by atoms with van der Waals surface area (Å²) < 4.78 is 54.1. The van der Waals surface area contributed by atoms with Crippen LogP contribution in [-0.4, -0.2) is 5.45 Å².